The Bertz CT molecular complexity index is 450. The van der Waals surface area contributed by atoms with Crippen LogP contribution in [0.2, 0.25) is 5.02 Å². The molecule has 1 aliphatic rings. The summed E-state index contributed by atoms with van der Waals surface area (Å²) in [5.41, 5.74) is -0.930. The minimum Gasteiger partial charge on any atom is -0.391 e. The molecule has 1 aliphatic carbocycles. The zero-order valence-electron chi connectivity index (χ0n) is 10.2. The van der Waals surface area contributed by atoms with E-state index < -0.39 is 17.8 Å². The number of para-hydroxylation sites is 1. The Morgan fingerprint density at radius 2 is 1.89 bits per heavy atom. The van der Waals surface area contributed by atoms with Crippen LogP contribution in [0.5, 0.6) is 0 Å². The number of benzene rings is 1. The molecule has 1 aromatic rings. The molecule has 6 heteroatoms. The number of aliphatic hydroxyl groups excluding tert-OH is 1. The molecule has 0 unspecified atom stereocenters. The van der Waals surface area contributed by atoms with Gasteiger partial charge in [-0.05, 0) is 25.0 Å². The molecule has 1 saturated carbocycles. The van der Waals surface area contributed by atoms with Crippen molar-refractivity contribution < 1.29 is 18.3 Å². The Hall–Kier alpha value is -0.940. The first-order chi connectivity index (χ1) is 8.89. The van der Waals surface area contributed by atoms with Gasteiger partial charge in [0, 0.05) is 0 Å². The smallest absolute Gasteiger partial charge is 0.391 e. The number of hydrogen-bond donors (Lipinski definition) is 2. The average molecular weight is 294 g/mol. The van der Waals surface area contributed by atoms with Gasteiger partial charge in [-0.25, -0.2) is 0 Å². The molecule has 0 amide bonds. The van der Waals surface area contributed by atoms with E-state index in [9.17, 15) is 18.3 Å². The molecule has 2 nitrogen and oxygen atoms in total. The van der Waals surface area contributed by atoms with Gasteiger partial charge in [0.05, 0.1) is 28.4 Å². The van der Waals surface area contributed by atoms with Gasteiger partial charge in [0.15, 0.2) is 0 Å². The summed E-state index contributed by atoms with van der Waals surface area (Å²) in [6, 6.07) is 3.29. The molecular weight excluding hydrogens is 279 g/mol. The molecule has 0 spiro atoms. The molecule has 2 rings (SSSR count). The summed E-state index contributed by atoms with van der Waals surface area (Å²) >= 11 is 5.86. The molecule has 0 heterocycles. The molecule has 106 valence electrons. The summed E-state index contributed by atoms with van der Waals surface area (Å²) in [6.45, 7) is 0. The van der Waals surface area contributed by atoms with E-state index in [1.165, 1.54) is 12.1 Å². The van der Waals surface area contributed by atoms with Crippen LogP contribution in [0, 0.1) is 0 Å². The molecule has 0 bridgehead atoms. The summed E-state index contributed by atoms with van der Waals surface area (Å²) in [4.78, 5) is 0. The maximum atomic E-state index is 12.9. The molecule has 2 atom stereocenters. The topological polar surface area (TPSA) is 32.3 Å². The lowest BCUT2D eigenvalue weighted by Gasteiger charge is -2.30. The molecule has 1 aromatic carbocycles. The van der Waals surface area contributed by atoms with E-state index in [4.69, 9.17) is 11.6 Å². The van der Waals surface area contributed by atoms with Crippen molar-refractivity contribution in [3.05, 3.63) is 28.8 Å². The van der Waals surface area contributed by atoms with Gasteiger partial charge in [-0.3, -0.25) is 0 Å². The van der Waals surface area contributed by atoms with E-state index in [-0.39, 0.29) is 16.8 Å². The zero-order chi connectivity index (χ0) is 14.0. The Labute approximate surface area is 114 Å². The quantitative estimate of drug-likeness (QED) is 0.861. The van der Waals surface area contributed by atoms with Crippen LogP contribution in [-0.2, 0) is 6.18 Å². The zero-order valence-corrected chi connectivity index (χ0v) is 10.9. The molecule has 19 heavy (non-hydrogen) atoms. The van der Waals surface area contributed by atoms with Crippen molar-refractivity contribution in [1.82, 2.24) is 0 Å². The van der Waals surface area contributed by atoms with Crippen molar-refractivity contribution >= 4 is 17.3 Å². The van der Waals surface area contributed by atoms with Crippen LogP contribution in [0.1, 0.15) is 31.2 Å². The summed E-state index contributed by atoms with van der Waals surface area (Å²) in [7, 11) is 0. The second-order valence-corrected chi connectivity index (χ2v) is 5.17. The van der Waals surface area contributed by atoms with Crippen LogP contribution in [0.15, 0.2) is 18.2 Å². The van der Waals surface area contributed by atoms with Crippen molar-refractivity contribution in [2.24, 2.45) is 0 Å². The largest absolute Gasteiger partial charge is 0.418 e. The molecule has 0 saturated heterocycles. The number of nitrogens with one attached hydrogen (secondary N) is 1. The Kier molecular flexibility index (Phi) is 4.26. The Balaban J connectivity index is 2.28. The highest BCUT2D eigenvalue weighted by Crippen LogP contribution is 2.39. The maximum absolute atomic E-state index is 12.9. The predicted molar refractivity (Wildman–Crippen MR) is 68.3 cm³/mol. The minimum atomic E-state index is -4.47. The number of anilines is 1. The van der Waals surface area contributed by atoms with E-state index >= 15 is 0 Å². The average Bonchev–Trinajstić information content (AvgIpc) is 2.33. The molecule has 2 N–H and O–H groups in total. The van der Waals surface area contributed by atoms with Crippen molar-refractivity contribution in [2.45, 2.75) is 44.0 Å². The first kappa shape index (κ1) is 14.5. The van der Waals surface area contributed by atoms with Crippen LogP contribution in [0.4, 0.5) is 18.9 Å². The van der Waals surface area contributed by atoms with Crippen molar-refractivity contribution in [2.75, 3.05) is 5.32 Å². The fraction of sp³-hybridized carbons (Fsp3) is 0.538. The predicted octanol–water partition coefficient (Wildman–Crippen LogP) is 4.07. The van der Waals surface area contributed by atoms with Crippen LogP contribution in [0.3, 0.4) is 0 Å². The van der Waals surface area contributed by atoms with Crippen LogP contribution in [-0.4, -0.2) is 17.3 Å². The molecule has 0 aliphatic heterocycles. The molecule has 0 radical (unpaired) electrons. The first-order valence-electron chi connectivity index (χ1n) is 6.20. The SMILES string of the molecule is O[C@H]1CCCC[C@@H]1Nc1c(Cl)cccc1C(F)(F)F. The Morgan fingerprint density at radius 1 is 1.21 bits per heavy atom. The normalized spacial score (nSPS) is 24.3. The third-order valence-electron chi connectivity index (χ3n) is 3.38. The van der Waals surface area contributed by atoms with E-state index in [2.05, 4.69) is 5.32 Å². The van der Waals surface area contributed by atoms with Gasteiger partial charge in [0.1, 0.15) is 0 Å². The van der Waals surface area contributed by atoms with Crippen LogP contribution in [0.25, 0.3) is 0 Å². The second kappa shape index (κ2) is 5.59. The lowest BCUT2D eigenvalue weighted by Crippen LogP contribution is -2.37. The van der Waals surface area contributed by atoms with E-state index in [0.717, 1.165) is 18.9 Å². The minimum absolute atomic E-state index is 0.0209. The van der Waals surface area contributed by atoms with E-state index in [0.29, 0.717) is 12.8 Å². The van der Waals surface area contributed by atoms with E-state index in [1.54, 1.807) is 0 Å². The van der Waals surface area contributed by atoms with Gasteiger partial charge in [-0.2, -0.15) is 13.2 Å². The van der Waals surface area contributed by atoms with Gasteiger partial charge in [0.2, 0.25) is 0 Å². The molecular formula is C13H15ClF3NO. The Morgan fingerprint density at radius 3 is 2.53 bits per heavy atom. The summed E-state index contributed by atoms with van der Waals surface area (Å²) in [5, 5.41) is 12.6. The fourth-order valence-electron chi connectivity index (χ4n) is 2.37. The van der Waals surface area contributed by atoms with Gasteiger partial charge in [0.25, 0.3) is 0 Å². The number of alkyl halides is 3. The van der Waals surface area contributed by atoms with Crippen molar-refractivity contribution in [1.29, 1.82) is 0 Å². The summed E-state index contributed by atoms with van der Waals surface area (Å²) < 4.78 is 38.8. The van der Waals surface area contributed by atoms with Crippen LogP contribution < -0.4 is 5.32 Å². The third-order valence-corrected chi connectivity index (χ3v) is 3.69. The van der Waals surface area contributed by atoms with Gasteiger partial charge in [-0.1, -0.05) is 30.5 Å². The first-order valence-corrected chi connectivity index (χ1v) is 6.57. The second-order valence-electron chi connectivity index (χ2n) is 4.76. The fourth-order valence-corrected chi connectivity index (χ4v) is 2.60. The van der Waals surface area contributed by atoms with Gasteiger partial charge < -0.3 is 10.4 Å². The van der Waals surface area contributed by atoms with Crippen molar-refractivity contribution in [3.63, 3.8) is 0 Å². The number of hydrogen-bond acceptors (Lipinski definition) is 2. The molecule has 0 aromatic heterocycles. The summed E-state index contributed by atoms with van der Waals surface area (Å²) in [5.74, 6) is 0. The van der Waals surface area contributed by atoms with Gasteiger partial charge in [-0.15, -0.1) is 0 Å². The lowest BCUT2D eigenvalue weighted by atomic mass is 9.92. The van der Waals surface area contributed by atoms with Crippen molar-refractivity contribution in [3.8, 4) is 0 Å². The summed E-state index contributed by atoms with van der Waals surface area (Å²) in [6.07, 6.45) is -2.07. The highest BCUT2D eigenvalue weighted by atomic mass is 35.5. The maximum Gasteiger partial charge on any atom is 0.418 e. The molecule has 1 fully saturated rings. The third kappa shape index (κ3) is 3.34. The van der Waals surface area contributed by atoms with Crippen LogP contribution >= 0.6 is 11.6 Å². The van der Waals surface area contributed by atoms with E-state index in [1.807, 2.05) is 0 Å². The van der Waals surface area contributed by atoms with Gasteiger partial charge >= 0.3 is 6.18 Å². The monoisotopic (exact) mass is 293 g/mol. The highest BCUT2D eigenvalue weighted by molar-refractivity contribution is 6.33. The lowest BCUT2D eigenvalue weighted by molar-refractivity contribution is -0.137. The standard InChI is InChI=1S/C13H15ClF3NO/c14-9-5-3-4-8(13(15,16)17)12(9)18-10-6-1-2-7-11(10)19/h3-5,10-11,18-19H,1-2,6-7H2/t10-,11-/m0/s1. The number of halogens is 4. The number of aliphatic hydroxyl groups is 1. The highest BCUT2D eigenvalue weighted by Gasteiger charge is 2.35. The number of rotatable bonds is 2.